The fourth-order valence-corrected chi connectivity index (χ4v) is 1.69. The molecule has 0 amide bonds. The van der Waals surface area contributed by atoms with Crippen LogP contribution in [0.25, 0.3) is 0 Å². The van der Waals surface area contributed by atoms with Crippen LogP contribution < -0.4 is 11.1 Å². The number of nitrogen functional groups attached to an aromatic ring is 1. The highest BCUT2D eigenvalue weighted by molar-refractivity contribution is 5.38. The van der Waals surface area contributed by atoms with Crippen molar-refractivity contribution in [2.45, 2.75) is 45.3 Å². The number of hydrogen-bond donors (Lipinski definition) is 2. The molecule has 14 heavy (non-hydrogen) atoms. The van der Waals surface area contributed by atoms with Crippen LogP contribution in [0.4, 0.5) is 5.82 Å². The smallest absolute Gasteiger partial charge is 0.126 e. The van der Waals surface area contributed by atoms with Crippen molar-refractivity contribution in [2.24, 2.45) is 0 Å². The Kier molecular flexibility index (Phi) is 2.72. The zero-order valence-corrected chi connectivity index (χ0v) is 8.66. The second kappa shape index (κ2) is 4.00. The summed E-state index contributed by atoms with van der Waals surface area (Å²) in [5.41, 5.74) is 7.04. The summed E-state index contributed by atoms with van der Waals surface area (Å²) in [4.78, 5) is 0. The summed E-state index contributed by atoms with van der Waals surface area (Å²) in [6.45, 7) is 3.75. The summed E-state index contributed by atoms with van der Waals surface area (Å²) in [5, 5.41) is 7.69. The molecular formula is C10H18N4. The van der Waals surface area contributed by atoms with E-state index in [1.807, 2.05) is 17.8 Å². The fourth-order valence-electron chi connectivity index (χ4n) is 1.69. The van der Waals surface area contributed by atoms with Gasteiger partial charge in [0.2, 0.25) is 0 Å². The van der Waals surface area contributed by atoms with E-state index in [0.717, 1.165) is 24.5 Å². The monoisotopic (exact) mass is 194 g/mol. The number of hydrogen-bond acceptors (Lipinski definition) is 3. The number of nitrogens with two attached hydrogens (primary N) is 1. The third kappa shape index (κ3) is 1.75. The van der Waals surface area contributed by atoms with Crippen LogP contribution in [0.15, 0.2) is 6.20 Å². The number of aryl methyl sites for hydroxylation is 1. The predicted octanol–water partition coefficient (Wildman–Crippen LogP) is 1.13. The normalized spacial score (nSPS) is 16.9. The number of aromatic nitrogens is 2. The number of nitrogens with one attached hydrogen (secondary N) is 1. The average Bonchev–Trinajstić information content (AvgIpc) is 2.45. The van der Waals surface area contributed by atoms with Gasteiger partial charge in [0.25, 0.3) is 0 Å². The van der Waals surface area contributed by atoms with Crippen molar-refractivity contribution >= 4 is 5.82 Å². The summed E-state index contributed by atoms with van der Waals surface area (Å²) >= 11 is 0. The molecule has 1 aromatic rings. The van der Waals surface area contributed by atoms with E-state index in [-0.39, 0.29) is 0 Å². The highest BCUT2D eigenvalue weighted by atomic mass is 15.3. The zero-order valence-electron chi connectivity index (χ0n) is 8.66. The zero-order chi connectivity index (χ0) is 9.97. The Morgan fingerprint density at radius 3 is 2.93 bits per heavy atom. The highest BCUT2D eigenvalue weighted by Gasteiger charge is 2.17. The molecule has 1 saturated carbocycles. The molecule has 1 aliphatic rings. The van der Waals surface area contributed by atoms with Crippen LogP contribution in [0.2, 0.25) is 0 Å². The Morgan fingerprint density at radius 2 is 2.43 bits per heavy atom. The Bertz CT molecular complexity index is 301. The summed E-state index contributed by atoms with van der Waals surface area (Å²) in [5.74, 6) is 0.805. The minimum atomic E-state index is 0.708. The third-order valence-electron chi connectivity index (χ3n) is 2.95. The van der Waals surface area contributed by atoms with Gasteiger partial charge >= 0.3 is 0 Å². The maximum absolute atomic E-state index is 5.92. The van der Waals surface area contributed by atoms with Crippen LogP contribution in [-0.4, -0.2) is 15.8 Å². The van der Waals surface area contributed by atoms with Gasteiger partial charge in [0, 0.05) is 24.7 Å². The van der Waals surface area contributed by atoms with E-state index in [1.165, 1.54) is 19.3 Å². The Labute approximate surface area is 84.5 Å². The van der Waals surface area contributed by atoms with Crippen molar-refractivity contribution in [1.82, 2.24) is 15.1 Å². The van der Waals surface area contributed by atoms with Crippen molar-refractivity contribution < 1.29 is 0 Å². The molecule has 0 unspecified atom stereocenters. The molecule has 0 radical (unpaired) electrons. The lowest BCUT2D eigenvalue weighted by Gasteiger charge is -2.26. The van der Waals surface area contributed by atoms with Gasteiger partial charge in [0.15, 0.2) is 0 Å². The molecule has 1 aliphatic carbocycles. The first-order valence-corrected chi connectivity index (χ1v) is 5.34. The minimum absolute atomic E-state index is 0.708. The molecule has 1 aromatic heterocycles. The van der Waals surface area contributed by atoms with Gasteiger partial charge in [0.05, 0.1) is 6.20 Å². The quantitative estimate of drug-likeness (QED) is 0.755. The van der Waals surface area contributed by atoms with E-state index < -0.39 is 0 Å². The van der Waals surface area contributed by atoms with Crippen molar-refractivity contribution in [3.05, 3.63) is 11.8 Å². The second-order valence-corrected chi connectivity index (χ2v) is 3.88. The van der Waals surface area contributed by atoms with E-state index in [4.69, 9.17) is 5.73 Å². The van der Waals surface area contributed by atoms with E-state index in [9.17, 15) is 0 Å². The van der Waals surface area contributed by atoms with Crippen LogP contribution >= 0.6 is 0 Å². The van der Waals surface area contributed by atoms with E-state index in [2.05, 4.69) is 10.4 Å². The van der Waals surface area contributed by atoms with Crippen LogP contribution in [-0.2, 0) is 13.1 Å². The summed E-state index contributed by atoms with van der Waals surface area (Å²) in [7, 11) is 0. The summed E-state index contributed by atoms with van der Waals surface area (Å²) in [6, 6.07) is 0.708. The average molecular weight is 194 g/mol. The minimum Gasteiger partial charge on any atom is -0.384 e. The molecular weight excluding hydrogens is 176 g/mol. The second-order valence-electron chi connectivity index (χ2n) is 3.88. The molecule has 0 saturated heterocycles. The third-order valence-corrected chi connectivity index (χ3v) is 2.95. The molecule has 4 heteroatoms. The van der Waals surface area contributed by atoms with Crippen molar-refractivity contribution in [3.63, 3.8) is 0 Å². The molecule has 0 bridgehead atoms. The molecule has 0 aliphatic heterocycles. The Balaban J connectivity index is 1.91. The Hall–Kier alpha value is -1.03. The number of nitrogens with zero attached hydrogens (tertiary/aromatic N) is 2. The molecule has 4 nitrogen and oxygen atoms in total. The van der Waals surface area contributed by atoms with Gasteiger partial charge in [-0.3, -0.25) is 4.68 Å². The van der Waals surface area contributed by atoms with Crippen LogP contribution in [0.3, 0.4) is 0 Å². The maximum Gasteiger partial charge on any atom is 0.126 e. The van der Waals surface area contributed by atoms with E-state index in [1.54, 1.807) is 0 Å². The SMILES string of the molecule is CCn1ncc(CNC2CCC2)c1N. The van der Waals surface area contributed by atoms with Gasteiger partial charge in [-0.15, -0.1) is 0 Å². The fraction of sp³-hybridized carbons (Fsp3) is 0.700. The summed E-state index contributed by atoms with van der Waals surface area (Å²) < 4.78 is 1.83. The van der Waals surface area contributed by atoms with Gasteiger partial charge in [0.1, 0.15) is 5.82 Å². The number of rotatable bonds is 4. The predicted molar refractivity (Wildman–Crippen MR) is 56.8 cm³/mol. The van der Waals surface area contributed by atoms with Crippen molar-refractivity contribution in [2.75, 3.05) is 5.73 Å². The van der Waals surface area contributed by atoms with E-state index in [0.29, 0.717) is 6.04 Å². The largest absolute Gasteiger partial charge is 0.384 e. The summed E-state index contributed by atoms with van der Waals surface area (Å²) in [6.07, 6.45) is 5.84. The standard InChI is InChI=1S/C10H18N4/c1-2-14-10(11)8(7-13-14)6-12-9-4-3-5-9/h7,9,12H,2-6,11H2,1H3. The first kappa shape index (κ1) is 9.52. The lowest BCUT2D eigenvalue weighted by Crippen LogP contribution is -2.34. The lowest BCUT2D eigenvalue weighted by molar-refractivity contribution is 0.338. The van der Waals surface area contributed by atoms with Gasteiger partial charge in [-0.2, -0.15) is 5.10 Å². The molecule has 1 fully saturated rings. The number of anilines is 1. The molecule has 3 N–H and O–H groups in total. The van der Waals surface area contributed by atoms with E-state index >= 15 is 0 Å². The van der Waals surface area contributed by atoms with Gasteiger partial charge in [-0.1, -0.05) is 6.42 Å². The maximum atomic E-state index is 5.92. The first-order valence-electron chi connectivity index (χ1n) is 5.34. The van der Waals surface area contributed by atoms with Crippen molar-refractivity contribution in [1.29, 1.82) is 0 Å². The topological polar surface area (TPSA) is 55.9 Å². The molecule has 0 aromatic carbocycles. The van der Waals surface area contributed by atoms with Crippen LogP contribution in [0, 0.1) is 0 Å². The molecule has 1 heterocycles. The molecule has 0 spiro atoms. The highest BCUT2D eigenvalue weighted by Crippen LogP contribution is 2.19. The van der Waals surface area contributed by atoms with Gasteiger partial charge in [-0.05, 0) is 19.8 Å². The van der Waals surface area contributed by atoms with Gasteiger partial charge in [-0.25, -0.2) is 0 Å². The van der Waals surface area contributed by atoms with Crippen molar-refractivity contribution in [3.8, 4) is 0 Å². The van der Waals surface area contributed by atoms with Crippen LogP contribution in [0.5, 0.6) is 0 Å². The lowest BCUT2D eigenvalue weighted by atomic mass is 9.93. The molecule has 78 valence electrons. The molecule has 2 rings (SSSR count). The Morgan fingerprint density at radius 1 is 1.64 bits per heavy atom. The first-order chi connectivity index (χ1) is 6.81. The molecule has 0 atom stereocenters. The van der Waals surface area contributed by atoms with Gasteiger partial charge < -0.3 is 11.1 Å². The van der Waals surface area contributed by atoms with Crippen LogP contribution in [0.1, 0.15) is 31.7 Å².